The van der Waals surface area contributed by atoms with Gasteiger partial charge in [-0.25, -0.2) is 4.98 Å². The second-order valence-electron chi connectivity index (χ2n) is 9.83. The van der Waals surface area contributed by atoms with Crippen LogP contribution in [-0.4, -0.2) is 52.7 Å². The lowest BCUT2D eigenvalue weighted by Crippen LogP contribution is -2.20. The third-order valence-corrected chi connectivity index (χ3v) is 8.95. The number of hydrogen-bond acceptors (Lipinski definition) is 9. The van der Waals surface area contributed by atoms with Crippen LogP contribution in [0.5, 0.6) is 5.75 Å². The van der Waals surface area contributed by atoms with Gasteiger partial charge in [0, 0.05) is 74.1 Å². The third-order valence-electron chi connectivity index (χ3n) is 7.08. The van der Waals surface area contributed by atoms with Gasteiger partial charge in [-0.3, -0.25) is 4.68 Å². The summed E-state index contributed by atoms with van der Waals surface area (Å²) in [7, 11) is 7.90. The van der Waals surface area contributed by atoms with Crippen LogP contribution in [0, 0.1) is 0 Å². The lowest BCUT2D eigenvalue weighted by Gasteiger charge is -2.22. The number of benzene rings is 2. The predicted octanol–water partition coefficient (Wildman–Crippen LogP) is 6.37. The average Bonchev–Trinajstić information content (AvgIpc) is 3.70. The zero-order chi connectivity index (χ0) is 27.1. The molecule has 0 saturated heterocycles. The molecule has 9 nitrogen and oxygen atoms in total. The average molecular weight is 608 g/mol. The molecule has 11 heteroatoms. The molecular formula is C28H31BrN8OS. The number of methoxy groups -OCH3 is 1. The van der Waals surface area contributed by atoms with Crippen LogP contribution in [0.2, 0.25) is 0 Å². The fourth-order valence-corrected chi connectivity index (χ4v) is 6.17. The minimum absolute atomic E-state index is 0.463. The Bertz CT molecular complexity index is 1520. The van der Waals surface area contributed by atoms with E-state index in [2.05, 4.69) is 90.3 Å². The van der Waals surface area contributed by atoms with E-state index in [1.54, 1.807) is 13.3 Å². The van der Waals surface area contributed by atoms with Crippen LogP contribution in [0.1, 0.15) is 18.5 Å². The summed E-state index contributed by atoms with van der Waals surface area (Å²) in [5, 5.41) is 12.1. The van der Waals surface area contributed by atoms with E-state index in [1.165, 1.54) is 18.5 Å². The Morgan fingerprint density at radius 2 is 1.90 bits per heavy atom. The molecule has 39 heavy (non-hydrogen) atoms. The largest absolute Gasteiger partial charge is 0.494 e. The van der Waals surface area contributed by atoms with Gasteiger partial charge in [-0.2, -0.15) is 10.1 Å². The lowest BCUT2D eigenvalue weighted by atomic mass is 10.0. The number of nitrogens with one attached hydrogen (secondary N) is 2. The minimum atomic E-state index is 0.463. The van der Waals surface area contributed by atoms with E-state index in [1.807, 2.05) is 35.9 Å². The number of aryl methyl sites for hydroxylation is 1. The van der Waals surface area contributed by atoms with Crippen molar-refractivity contribution < 1.29 is 4.74 Å². The van der Waals surface area contributed by atoms with Gasteiger partial charge in [0.1, 0.15) is 11.6 Å². The molecule has 2 aromatic heterocycles. The Labute approximate surface area is 241 Å². The van der Waals surface area contributed by atoms with Gasteiger partial charge in [-0.15, -0.1) is 0 Å². The van der Waals surface area contributed by atoms with Crippen LogP contribution >= 0.6 is 27.9 Å². The first-order chi connectivity index (χ1) is 18.9. The Balaban J connectivity index is 1.32. The second kappa shape index (κ2) is 10.6. The predicted molar refractivity (Wildman–Crippen MR) is 164 cm³/mol. The van der Waals surface area contributed by atoms with Gasteiger partial charge in [0.25, 0.3) is 0 Å². The normalized spacial score (nSPS) is 14.3. The molecule has 0 radical (unpaired) electrons. The van der Waals surface area contributed by atoms with Crippen LogP contribution in [0.3, 0.4) is 0 Å². The number of ether oxygens (including phenoxy) is 1. The van der Waals surface area contributed by atoms with E-state index in [0.717, 1.165) is 57.1 Å². The van der Waals surface area contributed by atoms with Gasteiger partial charge in [0.15, 0.2) is 0 Å². The molecule has 0 atom stereocenters. The maximum atomic E-state index is 5.80. The fraction of sp³-hybridized carbons (Fsp3) is 0.321. The number of aromatic nitrogens is 4. The molecule has 2 aromatic carbocycles. The van der Waals surface area contributed by atoms with Crippen molar-refractivity contribution in [1.82, 2.24) is 19.7 Å². The highest BCUT2D eigenvalue weighted by Gasteiger charge is 2.26. The van der Waals surface area contributed by atoms with Crippen LogP contribution in [-0.2, 0) is 13.5 Å². The summed E-state index contributed by atoms with van der Waals surface area (Å²) in [6, 6.07) is 12.5. The standard InChI is InChI=1S/C28H31BrN8OS/c1-35-12-11-23-19(15-31-36(23)2)18-13-22(26(38-4)14-25(18)35)33-28-30-16-20(29)27(34-28)32-21-7-5-6-8-24(21)37(3)39-17-9-10-17/h5-8,13-17H,9-12H2,1-4H3,(H2,30,32,33,34). The van der Waals surface area contributed by atoms with E-state index in [-0.39, 0.29) is 0 Å². The first-order valence-electron chi connectivity index (χ1n) is 12.9. The third kappa shape index (κ3) is 5.25. The van der Waals surface area contributed by atoms with Crippen molar-refractivity contribution in [3.8, 4) is 16.9 Å². The number of rotatable bonds is 8. The van der Waals surface area contributed by atoms with Crippen molar-refractivity contribution >= 4 is 62.4 Å². The van der Waals surface area contributed by atoms with Gasteiger partial charge in [-0.05, 0) is 58.9 Å². The van der Waals surface area contributed by atoms with Gasteiger partial charge < -0.3 is 24.6 Å². The summed E-state index contributed by atoms with van der Waals surface area (Å²) in [6.45, 7) is 0.899. The first-order valence-corrected chi connectivity index (χ1v) is 14.5. The van der Waals surface area contributed by atoms with E-state index in [0.29, 0.717) is 17.0 Å². The molecule has 0 spiro atoms. The summed E-state index contributed by atoms with van der Waals surface area (Å²) < 4.78 is 10.8. The molecule has 0 unspecified atom stereocenters. The van der Waals surface area contributed by atoms with Crippen molar-refractivity contribution in [2.45, 2.75) is 24.5 Å². The molecule has 2 N–H and O–H groups in total. The number of para-hydroxylation sites is 2. The summed E-state index contributed by atoms with van der Waals surface area (Å²) in [5.41, 5.74) is 7.43. The topological polar surface area (TPSA) is 83.4 Å². The molecule has 0 bridgehead atoms. The van der Waals surface area contributed by atoms with Crippen molar-refractivity contribution in [1.29, 1.82) is 0 Å². The molecular weight excluding hydrogens is 576 g/mol. The molecule has 1 aliphatic carbocycles. The molecule has 2 aliphatic rings. The zero-order valence-electron chi connectivity index (χ0n) is 22.4. The van der Waals surface area contributed by atoms with E-state index in [9.17, 15) is 0 Å². The number of halogens is 1. The first kappa shape index (κ1) is 25.8. The van der Waals surface area contributed by atoms with Crippen LogP contribution in [0.15, 0.2) is 53.3 Å². The highest BCUT2D eigenvalue weighted by Crippen LogP contribution is 2.43. The Kier molecular flexibility index (Phi) is 7.03. The Morgan fingerprint density at radius 1 is 1.08 bits per heavy atom. The molecule has 6 rings (SSSR count). The van der Waals surface area contributed by atoms with Gasteiger partial charge >= 0.3 is 0 Å². The van der Waals surface area contributed by atoms with E-state index >= 15 is 0 Å². The van der Waals surface area contributed by atoms with Crippen molar-refractivity contribution in [3.05, 3.63) is 59.0 Å². The number of hydrogen-bond donors (Lipinski definition) is 2. The SMILES string of the molecule is COc1cc2c(cc1Nc1ncc(Br)c(Nc3ccccc3N(C)SC3CC3)n1)-c1cnn(C)c1CCN2C. The molecule has 3 heterocycles. The monoisotopic (exact) mass is 606 g/mol. The van der Waals surface area contributed by atoms with Crippen molar-refractivity contribution in [2.75, 3.05) is 47.6 Å². The van der Waals surface area contributed by atoms with E-state index < -0.39 is 0 Å². The lowest BCUT2D eigenvalue weighted by molar-refractivity contribution is 0.417. The van der Waals surface area contributed by atoms with Gasteiger partial charge in [-0.1, -0.05) is 12.1 Å². The summed E-state index contributed by atoms with van der Waals surface area (Å²) in [6.07, 6.45) is 7.18. The zero-order valence-corrected chi connectivity index (χ0v) is 24.8. The fourth-order valence-electron chi connectivity index (χ4n) is 4.82. The Morgan fingerprint density at radius 3 is 2.69 bits per heavy atom. The molecule has 4 aromatic rings. The summed E-state index contributed by atoms with van der Waals surface area (Å²) in [5.74, 6) is 1.86. The van der Waals surface area contributed by atoms with Crippen LogP contribution in [0.25, 0.3) is 11.1 Å². The molecule has 202 valence electrons. The Hall–Kier alpha value is -3.44. The van der Waals surface area contributed by atoms with Gasteiger partial charge in [0.2, 0.25) is 5.95 Å². The van der Waals surface area contributed by atoms with E-state index in [4.69, 9.17) is 9.72 Å². The van der Waals surface area contributed by atoms with Crippen LogP contribution in [0.4, 0.5) is 34.5 Å². The highest BCUT2D eigenvalue weighted by molar-refractivity contribution is 9.10. The van der Waals surface area contributed by atoms with Crippen molar-refractivity contribution in [2.24, 2.45) is 7.05 Å². The van der Waals surface area contributed by atoms with Crippen molar-refractivity contribution in [3.63, 3.8) is 0 Å². The quantitative estimate of drug-likeness (QED) is 0.222. The smallest absolute Gasteiger partial charge is 0.229 e. The maximum Gasteiger partial charge on any atom is 0.229 e. The van der Waals surface area contributed by atoms with Gasteiger partial charge in [0.05, 0.1) is 34.8 Å². The van der Waals surface area contributed by atoms with Crippen LogP contribution < -0.4 is 24.6 Å². The molecule has 1 fully saturated rings. The molecule has 1 saturated carbocycles. The minimum Gasteiger partial charge on any atom is -0.494 e. The molecule has 0 amide bonds. The summed E-state index contributed by atoms with van der Waals surface area (Å²) >= 11 is 5.50. The number of fused-ring (bicyclic) bond motifs is 3. The maximum absolute atomic E-state index is 5.80. The second-order valence-corrected chi connectivity index (χ2v) is 12.1. The number of anilines is 6. The number of likely N-dealkylation sites (N-methyl/N-ethyl adjacent to an activating group) is 1. The number of nitrogens with zero attached hydrogens (tertiary/aromatic N) is 6. The highest BCUT2D eigenvalue weighted by atomic mass is 79.9. The summed E-state index contributed by atoms with van der Waals surface area (Å²) in [4.78, 5) is 11.6. The molecule has 1 aliphatic heterocycles.